The van der Waals surface area contributed by atoms with E-state index < -0.39 is 0 Å². The Morgan fingerprint density at radius 1 is 1.07 bits per heavy atom. The van der Waals surface area contributed by atoms with E-state index in [4.69, 9.17) is 0 Å². The molecule has 0 bridgehead atoms. The third-order valence-electron chi connectivity index (χ3n) is 5.54. The minimum atomic E-state index is 0.238. The molecule has 0 atom stereocenters. The van der Waals surface area contributed by atoms with Crippen molar-refractivity contribution in [2.75, 3.05) is 20.1 Å². The standard InChI is InChI=1S/C21H26N6/c1-22-20(23-14-11-19-26-25-18-10-5-6-15-27(18)19)24-16-21(12-7-13-21)17-8-3-2-4-9-17/h2-6,8-10,15H,7,11-14,16H2,1H3,(H2,22,23,24). The number of hydrogen-bond acceptors (Lipinski definition) is 3. The van der Waals surface area contributed by atoms with Gasteiger partial charge in [-0.05, 0) is 30.5 Å². The Kier molecular flexibility index (Phi) is 5.05. The fourth-order valence-corrected chi connectivity index (χ4v) is 3.79. The average molecular weight is 362 g/mol. The van der Waals surface area contributed by atoms with Crippen LogP contribution in [0, 0.1) is 0 Å². The molecule has 0 unspecified atom stereocenters. The first kappa shape index (κ1) is 17.5. The minimum Gasteiger partial charge on any atom is -0.356 e. The molecule has 2 aromatic heterocycles. The molecule has 140 valence electrons. The molecule has 6 nitrogen and oxygen atoms in total. The van der Waals surface area contributed by atoms with Crippen molar-refractivity contribution < 1.29 is 0 Å². The van der Waals surface area contributed by atoms with Gasteiger partial charge in [0.2, 0.25) is 0 Å². The molecule has 4 rings (SSSR count). The number of aromatic nitrogens is 3. The molecule has 1 aromatic carbocycles. The number of hydrogen-bond donors (Lipinski definition) is 2. The van der Waals surface area contributed by atoms with Crippen LogP contribution in [-0.4, -0.2) is 40.7 Å². The summed E-state index contributed by atoms with van der Waals surface area (Å²) in [6.45, 7) is 1.66. The lowest BCUT2D eigenvalue weighted by molar-refractivity contribution is 0.244. The zero-order valence-electron chi connectivity index (χ0n) is 15.7. The third-order valence-corrected chi connectivity index (χ3v) is 5.54. The highest BCUT2D eigenvalue weighted by molar-refractivity contribution is 5.79. The molecule has 1 fully saturated rings. The number of guanidine groups is 1. The van der Waals surface area contributed by atoms with Gasteiger partial charge in [0.1, 0.15) is 5.82 Å². The lowest BCUT2D eigenvalue weighted by Gasteiger charge is -2.43. The highest BCUT2D eigenvalue weighted by Gasteiger charge is 2.38. The molecule has 1 aliphatic carbocycles. The fraction of sp³-hybridized carbons (Fsp3) is 0.381. The SMILES string of the molecule is CN=C(NCCc1nnc2ccccn12)NCC1(c2ccccc2)CCC1. The van der Waals surface area contributed by atoms with Gasteiger partial charge in [-0.2, -0.15) is 0 Å². The Labute approximate surface area is 159 Å². The van der Waals surface area contributed by atoms with E-state index in [1.165, 1.54) is 24.8 Å². The molecule has 0 radical (unpaired) electrons. The van der Waals surface area contributed by atoms with Crippen LogP contribution in [0.4, 0.5) is 0 Å². The van der Waals surface area contributed by atoms with Gasteiger partial charge in [-0.25, -0.2) is 0 Å². The van der Waals surface area contributed by atoms with E-state index in [2.05, 4.69) is 56.2 Å². The largest absolute Gasteiger partial charge is 0.356 e. The van der Waals surface area contributed by atoms with Gasteiger partial charge in [0.15, 0.2) is 11.6 Å². The first-order valence-corrected chi connectivity index (χ1v) is 9.59. The second kappa shape index (κ2) is 7.78. The van der Waals surface area contributed by atoms with Crippen LogP contribution in [0.3, 0.4) is 0 Å². The van der Waals surface area contributed by atoms with E-state index in [1.54, 1.807) is 0 Å². The fourth-order valence-electron chi connectivity index (χ4n) is 3.79. The van der Waals surface area contributed by atoms with E-state index >= 15 is 0 Å². The van der Waals surface area contributed by atoms with E-state index in [1.807, 2.05) is 35.8 Å². The van der Waals surface area contributed by atoms with Gasteiger partial charge in [-0.3, -0.25) is 9.39 Å². The summed E-state index contributed by atoms with van der Waals surface area (Å²) in [6.07, 6.45) is 6.54. The van der Waals surface area contributed by atoms with Crippen molar-refractivity contribution in [3.8, 4) is 0 Å². The van der Waals surface area contributed by atoms with Crippen LogP contribution >= 0.6 is 0 Å². The molecular formula is C21H26N6. The second-order valence-electron chi connectivity index (χ2n) is 7.15. The summed E-state index contributed by atoms with van der Waals surface area (Å²) in [5.41, 5.74) is 2.54. The van der Waals surface area contributed by atoms with E-state index in [0.717, 1.165) is 36.9 Å². The van der Waals surface area contributed by atoms with Crippen molar-refractivity contribution in [1.29, 1.82) is 0 Å². The van der Waals surface area contributed by atoms with Gasteiger partial charge in [0.05, 0.1) is 0 Å². The zero-order chi connectivity index (χ0) is 18.5. The molecule has 6 heteroatoms. The number of aliphatic imine (C=N–C) groups is 1. The molecule has 2 N–H and O–H groups in total. The summed E-state index contributed by atoms with van der Waals surface area (Å²) in [7, 11) is 1.82. The first-order valence-electron chi connectivity index (χ1n) is 9.59. The van der Waals surface area contributed by atoms with Gasteiger partial charge in [-0.15, -0.1) is 10.2 Å². The Morgan fingerprint density at radius 3 is 2.63 bits per heavy atom. The predicted molar refractivity (Wildman–Crippen MR) is 108 cm³/mol. The molecule has 0 spiro atoms. The summed E-state index contributed by atoms with van der Waals surface area (Å²) >= 11 is 0. The molecule has 0 aliphatic heterocycles. The number of benzene rings is 1. The van der Waals surface area contributed by atoms with Crippen molar-refractivity contribution in [1.82, 2.24) is 25.2 Å². The van der Waals surface area contributed by atoms with Crippen LogP contribution in [0.5, 0.6) is 0 Å². The molecule has 1 saturated carbocycles. The topological polar surface area (TPSA) is 66.6 Å². The first-order chi connectivity index (χ1) is 13.3. The number of fused-ring (bicyclic) bond motifs is 1. The third kappa shape index (κ3) is 3.65. The highest BCUT2D eigenvalue weighted by atomic mass is 15.2. The van der Waals surface area contributed by atoms with Crippen LogP contribution in [-0.2, 0) is 11.8 Å². The smallest absolute Gasteiger partial charge is 0.191 e. The van der Waals surface area contributed by atoms with Crippen molar-refractivity contribution in [3.63, 3.8) is 0 Å². The molecule has 1 aliphatic rings. The summed E-state index contributed by atoms with van der Waals surface area (Å²) in [5, 5.41) is 15.4. The van der Waals surface area contributed by atoms with Crippen molar-refractivity contribution in [2.24, 2.45) is 4.99 Å². The van der Waals surface area contributed by atoms with Crippen LogP contribution in [0.2, 0.25) is 0 Å². The number of pyridine rings is 1. The average Bonchev–Trinajstić information content (AvgIpc) is 3.10. The molecule has 3 aromatic rings. The molecule has 2 heterocycles. The summed E-state index contributed by atoms with van der Waals surface area (Å²) < 4.78 is 2.02. The number of nitrogens with zero attached hydrogens (tertiary/aromatic N) is 4. The Hall–Kier alpha value is -2.89. The highest BCUT2D eigenvalue weighted by Crippen LogP contribution is 2.43. The van der Waals surface area contributed by atoms with E-state index in [9.17, 15) is 0 Å². The van der Waals surface area contributed by atoms with Crippen molar-refractivity contribution in [3.05, 3.63) is 66.1 Å². The quantitative estimate of drug-likeness (QED) is 0.522. The van der Waals surface area contributed by atoms with Crippen molar-refractivity contribution in [2.45, 2.75) is 31.1 Å². The maximum absolute atomic E-state index is 4.38. The van der Waals surface area contributed by atoms with Crippen LogP contribution in [0.15, 0.2) is 59.7 Å². The van der Waals surface area contributed by atoms with Gasteiger partial charge in [-0.1, -0.05) is 42.8 Å². The second-order valence-corrected chi connectivity index (χ2v) is 7.15. The minimum absolute atomic E-state index is 0.238. The maximum Gasteiger partial charge on any atom is 0.191 e. The Morgan fingerprint density at radius 2 is 1.89 bits per heavy atom. The lowest BCUT2D eigenvalue weighted by Crippen LogP contribution is -2.49. The summed E-state index contributed by atoms with van der Waals surface area (Å²) in [4.78, 5) is 4.38. The molecular weight excluding hydrogens is 336 g/mol. The van der Waals surface area contributed by atoms with Gasteiger partial charge < -0.3 is 10.6 Å². The van der Waals surface area contributed by atoms with Gasteiger partial charge in [0.25, 0.3) is 0 Å². The van der Waals surface area contributed by atoms with Gasteiger partial charge in [0, 0.05) is 38.2 Å². The van der Waals surface area contributed by atoms with E-state index in [0.29, 0.717) is 0 Å². The van der Waals surface area contributed by atoms with Crippen LogP contribution in [0.25, 0.3) is 5.65 Å². The van der Waals surface area contributed by atoms with Crippen LogP contribution in [0.1, 0.15) is 30.7 Å². The number of nitrogens with one attached hydrogen (secondary N) is 2. The van der Waals surface area contributed by atoms with Crippen LogP contribution < -0.4 is 10.6 Å². The number of rotatable bonds is 6. The predicted octanol–water partition coefficient (Wildman–Crippen LogP) is 2.56. The van der Waals surface area contributed by atoms with Crippen molar-refractivity contribution >= 4 is 11.6 Å². The molecule has 0 saturated heterocycles. The maximum atomic E-state index is 4.38. The summed E-state index contributed by atoms with van der Waals surface area (Å²) in [5.74, 6) is 1.79. The summed E-state index contributed by atoms with van der Waals surface area (Å²) in [6, 6.07) is 16.8. The monoisotopic (exact) mass is 362 g/mol. The molecule has 27 heavy (non-hydrogen) atoms. The Balaban J connectivity index is 1.32. The van der Waals surface area contributed by atoms with E-state index in [-0.39, 0.29) is 5.41 Å². The zero-order valence-corrected chi connectivity index (χ0v) is 15.7. The Bertz CT molecular complexity index is 911. The van der Waals surface area contributed by atoms with Gasteiger partial charge >= 0.3 is 0 Å². The molecule has 0 amide bonds. The normalized spacial score (nSPS) is 16.1. The lowest BCUT2D eigenvalue weighted by atomic mass is 9.64.